The van der Waals surface area contributed by atoms with E-state index in [0.717, 1.165) is 69.3 Å². The maximum absolute atomic E-state index is 12.6. The van der Waals surface area contributed by atoms with Crippen LogP contribution in [0.2, 0.25) is 0 Å². The number of carbonyl (C=O) groups is 1. The molecule has 0 bridgehead atoms. The average molecular weight is 421 g/mol. The van der Waals surface area contributed by atoms with E-state index in [1.807, 2.05) is 0 Å². The molecule has 1 aromatic heterocycles. The van der Waals surface area contributed by atoms with Crippen molar-refractivity contribution in [3.63, 3.8) is 0 Å². The van der Waals surface area contributed by atoms with E-state index < -0.39 is 5.54 Å². The number of hydrogen-bond donors (Lipinski definition) is 1. The molecule has 29 heavy (non-hydrogen) atoms. The molecule has 0 unspecified atom stereocenters. The van der Waals surface area contributed by atoms with E-state index in [-0.39, 0.29) is 11.7 Å². The van der Waals surface area contributed by atoms with Gasteiger partial charge in [-0.25, -0.2) is 0 Å². The molecule has 3 rings (SSSR count). The maximum Gasteiger partial charge on any atom is 0.231 e. The topological polar surface area (TPSA) is 96.1 Å². The van der Waals surface area contributed by atoms with Crippen LogP contribution in [0.15, 0.2) is 5.16 Å². The molecule has 2 heterocycles. The van der Waals surface area contributed by atoms with Gasteiger partial charge in [-0.3, -0.25) is 9.36 Å². The third kappa shape index (κ3) is 5.86. The van der Waals surface area contributed by atoms with Gasteiger partial charge in [-0.15, -0.1) is 10.2 Å². The van der Waals surface area contributed by atoms with Crippen LogP contribution in [0.3, 0.4) is 0 Å². The average Bonchev–Trinajstić information content (AvgIpc) is 2.95. The summed E-state index contributed by atoms with van der Waals surface area (Å²) < 4.78 is 7.56. The largest absolute Gasteiger partial charge is 0.378 e. The first-order chi connectivity index (χ1) is 14.0. The number of rotatable bonds is 7. The molecule has 2 aliphatic rings. The van der Waals surface area contributed by atoms with Crippen LogP contribution in [-0.4, -0.2) is 58.3 Å². The van der Waals surface area contributed by atoms with Gasteiger partial charge in [0.15, 0.2) is 5.16 Å². The van der Waals surface area contributed by atoms with Crippen molar-refractivity contribution < 1.29 is 9.53 Å². The van der Waals surface area contributed by atoms with Crippen molar-refractivity contribution >= 4 is 23.6 Å². The zero-order valence-corrected chi connectivity index (χ0v) is 18.3. The number of thioether (sulfide) groups is 1. The lowest BCUT2D eigenvalue weighted by molar-refractivity contribution is -0.120. The van der Waals surface area contributed by atoms with Crippen LogP contribution in [-0.2, 0) is 16.1 Å². The second kappa shape index (κ2) is 10.3. The first kappa shape index (κ1) is 21.9. The molecule has 0 radical (unpaired) electrons. The van der Waals surface area contributed by atoms with Crippen LogP contribution in [0.1, 0.15) is 52.4 Å². The Bertz CT molecular complexity index is 715. The van der Waals surface area contributed by atoms with Crippen molar-refractivity contribution in [1.29, 1.82) is 5.26 Å². The number of nitrogens with zero attached hydrogens (tertiary/aromatic N) is 5. The Hall–Kier alpha value is -1.79. The number of ether oxygens (including phenoxy) is 1. The molecule has 2 fully saturated rings. The number of anilines is 1. The van der Waals surface area contributed by atoms with E-state index in [2.05, 4.69) is 44.9 Å². The molecule has 1 aliphatic heterocycles. The van der Waals surface area contributed by atoms with Crippen molar-refractivity contribution in [1.82, 2.24) is 20.1 Å². The van der Waals surface area contributed by atoms with Crippen molar-refractivity contribution in [2.45, 2.75) is 69.6 Å². The molecule has 1 aromatic rings. The summed E-state index contributed by atoms with van der Waals surface area (Å²) in [6.07, 6.45) is 5.74. The van der Waals surface area contributed by atoms with Gasteiger partial charge in [-0.05, 0) is 18.8 Å². The molecule has 0 atom stereocenters. The summed E-state index contributed by atoms with van der Waals surface area (Å²) in [7, 11) is 0. The van der Waals surface area contributed by atoms with E-state index in [1.165, 1.54) is 11.8 Å². The fourth-order valence-electron chi connectivity index (χ4n) is 3.94. The third-order valence-electron chi connectivity index (χ3n) is 5.42. The zero-order chi connectivity index (χ0) is 20.7. The van der Waals surface area contributed by atoms with Crippen LogP contribution in [0.5, 0.6) is 0 Å². The molecule has 1 amide bonds. The highest BCUT2D eigenvalue weighted by molar-refractivity contribution is 7.99. The number of morpholine rings is 1. The van der Waals surface area contributed by atoms with E-state index in [9.17, 15) is 10.1 Å². The molecule has 0 aromatic carbocycles. The summed E-state index contributed by atoms with van der Waals surface area (Å²) >= 11 is 1.39. The Kier molecular flexibility index (Phi) is 7.78. The van der Waals surface area contributed by atoms with Gasteiger partial charge in [0.2, 0.25) is 11.9 Å². The minimum absolute atomic E-state index is 0.106. The first-order valence-electron chi connectivity index (χ1n) is 10.6. The highest BCUT2D eigenvalue weighted by Gasteiger charge is 2.32. The number of aromatic nitrogens is 3. The Balaban J connectivity index is 1.65. The third-order valence-corrected chi connectivity index (χ3v) is 6.39. The predicted octanol–water partition coefficient (Wildman–Crippen LogP) is 2.60. The lowest BCUT2D eigenvalue weighted by Crippen LogP contribution is -2.47. The smallest absolute Gasteiger partial charge is 0.231 e. The molecule has 0 spiro atoms. The second-order valence-corrected chi connectivity index (χ2v) is 9.27. The maximum atomic E-state index is 12.6. The summed E-state index contributed by atoms with van der Waals surface area (Å²) in [6, 6.07) is 2.38. The Labute approximate surface area is 177 Å². The molecule has 1 N–H and O–H groups in total. The Morgan fingerprint density at radius 3 is 2.55 bits per heavy atom. The van der Waals surface area contributed by atoms with E-state index in [1.54, 1.807) is 0 Å². The van der Waals surface area contributed by atoms with Crippen molar-refractivity contribution in [3.8, 4) is 6.07 Å². The van der Waals surface area contributed by atoms with E-state index in [4.69, 9.17) is 4.74 Å². The van der Waals surface area contributed by atoms with Crippen LogP contribution < -0.4 is 10.2 Å². The number of carbonyl (C=O) groups excluding carboxylic acids is 1. The van der Waals surface area contributed by atoms with Crippen LogP contribution in [0.4, 0.5) is 5.95 Å². The number of nitrogens with one attached hydrogen (secondary N) is 1. The fourth-order valence-corrected chi connectivity index (χ4v) is 4.68. The molecular weight excluding hydrogens is 388 g/mol. The van der Waals surface area contributed by atoms with Gasteiger partial charge >= 0.3 is 0 Å². The van der Waals surface area contributed by atoms with Gasteiger partial charge in [0.05, 0.1) is 25.0 Å². The van der Waals surface area contributed by atoms with Gasteiger partial charge < -0.3 is 15.0 Å². The monoisotopic (exact) mass is 420 g/mol. The van der Waals surface area contributed by atoms with Crippen molar-refractivity contribution in [2.24, 2.45) is 5.92 Å². The first-order valence-corrected chi connectivity index (χ1v) is 11.6. The summed E-state index contributed by atoms with van der Waals surface area (Å²) in [5, 5.41) is 22.2. The Morgan fingerprint density at radius 2 is 1.93 bits per heavy atom. The SMILES string of the molecule is CC(C)Cn1c(SCC(=O)NC2(C#N)CCCCCC2)nnc1N1CCOCC1. The quantitative estimate of drug-likeness (QED) is 0.535. The number of nitriles is 1. The molecule has 1 saturated heterocycles. The predicted molar refractivity (Wildman–Crippen MR) is 113 cm³/mol. The standard InChI is InChI=1S/C20H32N6O2S/c1-16(2)13-26-18(25-9-11-28-12-10-25)23-24-19(26)29-14-17(27)22-20(15-21)7-5-3-4-6-8-20/h16H,3-14H2,1-2H3,(H,22,27). The molecule has 8 nitrogen and oxygen atoms in total. The second-order valence-electron chi connectivity index (χ2n) is 8.33. The highest BCUT2D eigenvalue weighted by Crippen LogP contribution is 2.28. The van der Waals surface area contributed by atoms with Crippen LogP contribution in [0, 0.1) is 17.2 Å². The normalized spacial score (nSPS) is 19.6. The molecule has 1 saturated carbocycles. The van der Waals surface area contributed by atoms with Crippen LogP contribution in [0.25, 0.3) is 0 Å². The highest BCUT2D eigenvalue weighted by atomic mass is 32.2. The van der Waals surface area contributed by atoms with Gasteiger partial charge in [0.25, 0.3) is 0 Å². The van der Waals surface area contributed by atoms with Gasteiger partial charge in [0.1, 0.15) is 5.54 Å². The minimum Gasteiger partial charge on any atom is -0.378 e. The minimum atomic E-state index is -0.710. The summed E-state index contributed by atoms with van der Waals surface area (Å²) in [4.78, 5) is 14.8. The summed E-state index contributed by atoms with van der Waals surface area (Å²) in [5.41, 5.74) is -0.710. The fraction of sp³-hybridized carbons (Fsp3) is 0.800. The molecule has 160 valence electrons. The summed E-state index contributed by atoms with van der Waals surface area (Å²) in [5.74, 6) is 1.42. The lowest BCUT2D eigenvalue weighted by Gasteiger charge is -2.28. The van der Waals surface area contributed by atoms with Crippen molar-refractivity contribution in [2.75, 3.05) is 37.0 Å². The number of hydrogen-bond acceptors (Lipinski definition) is 7. The molecule has 1 aliphatic carbocycles. The van der Waals surface area contributed by atoms with Gasteiger partial charge in [0, 0.05) is 19.6 Å². The lowest BCUT2D eigenvalue weighted by atomic mass is 9.92. The Morgan fingerprint density at radius 1 is 1.24 bits per heavy atom. The van der Waals surface area contributed by atoms with Gasteiger partial charge in [-0.1, -0.05) is 51.3 Å². The van der Waals surface area contributed by atoms with Crippen molar-refractivity contribution in [3.05, 3.63) is 0 Å². The van der Waals surface area contributed by atoms with Gasteiger partial charge in [-0.2, -0.15) is 5.26 Å². The molecule has 9 heteroatoms. The number of amides is 1. The van der Waals surface area contributed by atoms with E-state index in [0.29, 0.717) is 19.1 Å². The molecular formula is C20H32N6O2S. The summed E-state index contributed by atoms with van der Waals surface area (Å²) in [6.45, 7) is 8.09. The van der Waals surface area contributed by atoms with E-state index >= 15 is 0 Å². The zero-order valence-electron chi connectivity index (χ0n) is 17.5. The van der Waals surface area contributed by atoms with Crippen LogP contribution >= 0.6 is 11.8 Å².